The maximum absolute atomic E-state index is 13.1. The lowest BCUT2D eigenvalue weighted by atomic mass is 9.99. The zero-order chi connectivity index (χ0) is 17.3. The monoisotopic (exact) mass is 328 g/mol. The number of amides is 2. The molecule has 0 bridgehead atoms. The summed E-state index contributed by atoms with van der Waals surface area (Å²) in [6.45, 7) is 0. The third-order valence-electron chi connectivity index (χ3n) is 4.22. The van der Waals surface area contributed by atoms with E-state index in [2.05, 4.69) is 5.32 Å². The van der Waals surface area contributed by atoms with Gasteiger partial charge in [-0.25, -0.2) is 4.39 Å². The standard InChI is InChI=1S/C18H17FN2O3/c1-21-16(23)10-15(17(21)11-5-7-13(19)8-6-11)20-18(24)12-3-2-4-14(22)9-12/h2-9,15,17,22H,10H2,1H3,(H,20,24)/t15-,17+/m1/s1. The van der Waals surface area contributed by atoms with Gasteiger partial charge in [-0.15, -0.1) is 0 Å². The highest BCUT2D eigenvalue weighted by Crippen LogP contribution is 2.32. The number of rotatable bonds is 3. The predicted octanol–water partition coefficient (Wildman–Crippen LogP) is 2.23. The van der Waals surface area contributed by atoms with E-state index in [-0.39, 0.29) is 35.8 Å². The predicted molar refractivity (Wildman–Crippen MR) is 85.9 cm³/mol. The molecule has 2 aromatic carbocycles. The summed E-state index contributed by atoms with van der Waals surface area (Å²) in [5.41, 5.74) is 1.07. The molecule has 3 rings (SSSR count). The highest BCUT2D eigenvalue weighted by Gasteiger charge is 2.39. The van der Waals surface area contributed by atoms with Crippen LogP contribution in [0.2, 0.25) is 0 Å². The van der Waals surface area contributed by atoms with Crippen molar-refractivity contribution in [1.29, 1.82) is 0 Å². The number of carbonyl (C=O) groups excluding carboxylic acids is 2. The number of likely N-dealkylation sites (N-methyl/N-ethyl adjacent to an activating group) is 1. The summed E-state index contributed by atoms with van der Waals surface area (Å²) < 4.78 is 13.1. The molecule has 1 saturated heterocycles. The first-order valence-corrected chi connectivity index (χ1v) is 7.57. The summed E-state index contributed by atoms with van der Waals surface area (Å²) in [6, 6.07) is 11.1. The molecule has 0 aromatic heterocycles. The molecule has 2 aromatic rings. The zero-order valence-electron chi connectivity index (χ0n) is 13.1. The van der Waals surface area contributed by atoms with Gasteiger partial charge in [0.25, 0.3) is 5.91 Å². The molecule has 2 N–H and O–H groups in total. The van der Waals surface area contributed by atoms with Crippen LogP contribution in [0.25, 0.3) is 0 Å². The molecule has 0 saturated carbocycles. The second-order valence-corrected chi connectivity index (χ2v) is 5.84. The van der Waals surface area contributed by atoms with Gasteiger partial charge < -0.3 is 15.3 Å². The SMILES string of the molecule is CN1C(=O)C[C@@H](NC(=O)c2cccc(O)c2)[C@@H]1c1ccc(F)cc1. The number of halogens is 1. The minimum absolute atomic E-state index is 0.00245. The number of phenols is 1. The minimum Gasteiger partial charge on any atom is -0.508 e. The fourth-order valence-corrected chi connectivity index (χ4v) is 3.01. The van der Waals surface area contributed by atoms with Crippen LogP contribution < -0.4 is 5.32 Å². The molecule has 0 spiro atoms. The first kappa shape index (κ1) is 16.0. The number of carbonyl (C=O) groups is 2. The normalized spacial score (nSPS) is 20.2. The Labute approximate surface area is 138 Å². The lowest BCUT2D eigenvalue weighted by Gasteiger charge is -2.26. The number of aromatic hydroxyl groups is 1. The summed E-state index contributed by atoms with van der Waals surface area (Å²) in [7, 11) is 1.66. The minimum atomic E-state index is -0.428. The molecule has 0 radical (unpaired) electrons. The van der Waals surface area contributed by atoms with Gasteiger partial charge in [-0.2, -0.15) is 0 Å². The van der Waals surface area contributed by atoms with E-state index < -0.39 is 6.04 Å². The largest absolute Gasteiger partial charge is 0.508 e. The Kier molecular flexibility index (Phi) is 4.20. The van der Waals surface area contributed by atoms with Crippen molar-refractivity contribution in [3.8, 4) is 5.75 Å². The Morgan fingerprint density at radius 1 is 1.25 bits per heavy atom. The number of hydrogen-bond donors (Lipinski definition) is 2. The topological polar surface area (TPSA) is 69.6 Å². The Morgan fingerprint density at radius 3 is 2.62 bits per heavy atom. The van der Waals surface area contributed by atoms with E-state index in [1.165, 1.54) is 24.3 Å². The lowest BCUT2D eigenvalue weighted by molar-refractivity contribution is -0.127. The number of nitrogens with one attached hydrogen (secondary N) is 1. The molecule has 1 aliphatic heterocycles. The third-order valence-corrected chi connectivity index (χ3v) is 4.22. The Morgan fingerprint density at radius 2 is 1.96 bits per heavy atom. The van der Waals surface area contributed by atoms with Crippen LogP contribution in [-0.4, -0.2) is 34.9 Å². The Hall–Kier alpha value is -2.89. The average molecular weight is 328 g/mol. The van der Waals surface area contributed by atoms with Gasteiger partial charge in [0.05, 0.1) is 12.1 Å². The van der Waals surface area contributed by atoms with Crippen LogP contribution in [0.4, 0.5) is 4.39 Å². The molecule has 1 aliphatic rings. The number of nitrogens with zero attached hydrogens (tertiary/aromatic N) is 1. The third kappa shape index (κ3) is 3.08. The number of hydrogen-bond acceptors (Lipinski definition) is 3. The Balaban J connectivity index is 1.84. The first-order chi connectivity index (χ1) is 11.5. The second-order valence-electron chi connectivity index (χ2n) is 5.84. The smallest absolute Gasteiger partial charge is 0.251 e. The molecule has 2 amide bonds. The lowest BCUT2D eigenvalue weighted by Crippen LogP contribution is -2.39. The van der Waals surface area contributed by atoms with Crippen molar-refractivity contribution >= 4 is 11.8 Å². The van der Waals surface area contributed by atoms with Gasteiger partial charge >= 0.3 is 0 Å². The van der Waals surface area contributed by atoms with Crippen molar-refractivity contribution in [1.82, 2.24) is 10.2 Å². The molecule has 1 fully saturated rings. The fourth-order valence-electron chi connectivity index (χ4n) is 3.01. The molecule has 124 valence electrons. The average Bonchev–Trinajstić information content (AvgIpc) is 2.83. The maximum atomic E-state index is 13.1. The molecular formula is C18H17FN2O3. The summed E-state index contributed by atoms with van der Waals surface area (Å²) in [5.74, 6) is -0.819. The van der Waals surface area contributed by atoms with Crippen LogP contribution in [0.3, 0.4) is 0 Å². The van der Waals surface area contributed by atoms with Gasteiger partial charge in [0, 0.05) is 19.0 Å². The molecule has 24 heavy (non-hydrogen) atoms. The van der Waals surface area contributed by atoms with Crippen molar-refractivity contribution in [3.63, 3.8) is 0 Å². The highest BCUT2D eigenvalue weighted by molar-refractivity contribution is 5.95. The second kappa shape index (κ2) is 6.31. The molecule has 0 aliphatic carbocycles. The van der Waals surface area contributed by atoms with E-state index in [1.54, 1.807) is 36.2 Å². The van der Waals surface area contributed by atoms with E-state index in [0.29, 0.717) is 5.56 Å². The van der Waals surface area contributed by atoms with Crippen LogP contribution in [-0.2, 0) is 4.79 Å². The molecule has 0 unspecified atom stereocenters. The van der Waals surface area contributed by atoms with Crippen molar-refractivity contribution in [2.75, 3.05) is 7.05 Å². The van der Waals surface area contributed by atoms with Crippen LogP contribution in [0.1, 0.15) is 28.4 Å². The van der Waals surface area contributed by atoms with Gasteiger partial charge in [0.15, 0.2) is 0 Å². The van der Waals surface area contributed by atoms with Crippen molar-refractivity contribution < 1.29 is 19.1 Å². The van der Waals surface area contributed by atoms with Crippen LogP contribution >= 0.6 is 0 Å². The van der Waals surface area contributed by atoms with Crippen LogP contribution in [0.15, 0.2) is 48.5 Å². The summed E-state index contributed by atoms with van der Waals surface area (Å²) in [4.78, 5) is 26.0. The zero-order valence-corrected chi connectivity index (χ0v) is 13.1. The molecular weight excluding hydrogens is 311 g/mol. The van der Waals surface area contributed by atoms with Crippen molar-refractivity contribution in [3.05, 3.63) is 65.5 Å². The molecule has 2 atom stereocenters. The van der Waals surface area contributed by atoms with Gasteiger partial charge in [-0.1, -0.05) is 18.2 Å². The fraction of sp³-hybridized carbons (Fsp3) is 0.222. The molecule has 6 heteroatoms. The van der Waals surface area contributed by atoms with E-state index in [1.807, 2.05) is 0 Å². The van der Waals surface area contributed by atoms with Gasteiger partial charge in [-0.3, -0.25) is 9.59 Å². The van der Waals surface area contributed by atoms with Crippen molar-refractivity contribution in [2.24, 2.45) is 0 Å². The van der Waals surface area contributed by atoms with Crippen LogP contribution in [0, 0.1) is 5.82 Å². The highest BCUT2D eigenvalue weighted by atomic mass is 19.1. The summed E-state index contributed by atoms with van der Waals surface area (Å²) in [5, 5.41) is 12.3. The molecule has 1 heterocycles. The van der Waals surface area contributed by atoms with E-state index in [0.717, 1.165) is 5.56 Å². The quantitative estimate of drug-likeness (QED) is 0.908. The first-order valence-electron chi connectivity index (χ1n) is 7.57. The van der Waals surface area contributed by atoms with Gasteiger partial charge in [0.2, 0.25) is 5.91 Å². The van der Waals surface area contributed by atoms with E-state index in [4.69, 9.17) is 0 Å². The summed E-state index contributed by atoms with van der Waals surface area (Å²) in [6.07, 6.45) is 0.170. The van der Waals surface area contributed by atoms with Gasteiger partial charge in [0.1, 0.15) is 11.6 Å². The summed E-state index contributed by atoms with van der Waals surface area (Å²) >= 11 is 0. The maximum Gasteiger partial charge on any atom is 0.251 e. The van der Waals surface area contributed by atoms with Gasteiger partial charge in [-0.05, 0) is 35.9 Å². The number of likely N-dealkylation sites (tertiary alicyclic amines) is 1. The number of benzene rings is 2. The Bertz CT molecular complexity index is 776. The van der Waals surface area contributed by atoms with E-state index >= 15 is 0 Å². The molecule has 5 nitrogen and oxygen atoms in total. The van der Waals surface area contributed by atoms with Crippen LogP contribution in [0.5, 0.6) is 5.75 Å². The van der Waals surface area contributed by atoms with E-state index in [9.17, 15) is 19.1 Å². The van der Waals surface area contributed by atoms with Crippen molar-refractivity contribution in [2.45, 2.75) is 18.5 Å². The number of phenolic OH excluding ortho intramolecular Hbond substituents is 1.